The minimum Gasteiger partial charge on any atom is -0.480 e. The minimum atomic E-state index is -0.251. The summed E-state index contributed by atoms with van der Waals surface area (Å²) in [7, 11) is 1.47. The second kappa shape index (κ2) is 6.34. The van der Waals surface area contributed by atoms with Crippen LogP contribution >= 0.6 is 0 Å². The normalized spacial score (nSPS) is 9.60. The molecule has 0 aliphatic heterocycles. The Balaban J connectivity index is 2.03. The van der Waals surface area contributed by atoms with Gasteiger partial charge in [-0.25, -0.2) is 4.98 Å². The lowest BCUT2D eigenvalue weighted by molar-refractivity contribution is 0.0947. The van der Waals surface area contributed by atoms with E-state index in [-0.39, 0.29) is 5.91 Å². The Hall–Kier alpha value is -2.87. The molecule has 0 saturated carbocycles. The van der Waals surface area contributed by atoms with Crippen LogP contribution in [0.3, 0.4) is 0 Å². The van der Waals surface area contributed by atoms with Crippen molar-refractivity contribution in [2.45, 2.75) is 6.54 Å². The van der Waals surface area contributed by atoms with E-state index in [1.807, 2.05) is 6.07 Å². The van der Waals surface area contributed by atoms with E-state index >= 15 is 0 Å². The highest BCUT2D eigenvalue weighted by atomic mass is 16.5. The van der Waals surface area contributed by atoms with Crippen molar-refractivity contribution in [2.24, 2.45) is 0 Å². The van der Waals surface area contributed by atoms with Crippen molar-refractivity contribution >= 4 is 5.91 Å². The number of hydrogen-bond acceptors (Lipinski definition) is 4. The van der Waals surface area contributed by atoms with Gasteiger partial charge in [-0.1, -0.05) is 12.1 Å². The molecule has 1 N–H and O–H groups in total. The highest BCUT2D eigenvalue weighted by Gasteiger charge is 2.12. The lowest BCUT2D eigenvalue weighted by atomic mass is 10.1. The van der Waals surface area contributed by atoms with Crippen LogP contribution in [0, 0.1) is 11.3 Å². The first-order chi connectivity index (χ1) is 9.74. The van der Waals surface area contributed by atoms with Crippen LogP contribution in [-0.4, -0.2) is 18.0 Å². The van der Waals surface area contributed by atoms with E-state index in [0.717, 1.165) is 5.56 Å². The molecule has 1 aromatic carbocycles. The van der Waals surface area contributed by atoms with Crippen LogP contribution < -0.4 is 10.1 Å². The number of nitriles is 1. The number of carbonyl (C=O) groups is 1. The van der Waals surface area contributed by atoms with E-state index in [2.05, 4.69) is 10.3 Å². The van der Waals surface area contributed by atoms with Gasteiger partial charge in [0.05, 0.1) is 18.7 Å². The molecule has 0 radical (unpaired) electrons. The monoisotopic (exact) mass is 267 g/mol. The summed E-state index contributed by atoms with van der Waals surface area (Å²) < 4.78 is 5.04. The molecule has 0 aliphatic rings. The highest BCUT2D eigenvalue weighted by Crippen LogP contribution is 2.13. The van der Waals surface area contributed by atoms with Crippen molar-refractivity contribution in [1.82, 2.24) is 10.3 Å². The van der Waals surface area contributed by atoms with Gasteiger partial charge in [-0.15, -0.1) is 0 Å². The third-order valence-corrected chi connectivity index (χ3v) is 2.75. The number of rotatable bonds is 4. The van der Waals surface area contributed by atoms with Crippen LogP contribution in [-0.2, 0) is 6.54 Å². The molecule has 0 unspecified atom stereocenters. The maximum Gasteiger partial charge on any atom is 0.257 e. The summed E-state index contributed by atoms with van der Waals surface area (Å²) in [4.78, 5) is 16.0. The van der Waals surface area contributed by atoms with E-state index in [4.69, 9.17) is 10.00 Å². The van der Waals surface area contributed by atoms with Crippen molar-refractivity contribution in [2.75, 3.05) is 7.11 Å². The Morgan fingerprint density at radius 2 is 2.10 bits per heavy atom. The molecule has 1 heterocycles. The Labute approximate surface area is 116 Å². The van der Waals surface area contributed by atoms with Gasteiger partial charge in [0.1, 0.15) is 5.56 Å². The molecule has 20 heavy (non-hydrogen) atoms. The number of aromatic nitrogens is 1. The van der Waals surface area contributed by atoms with Gasteiger partial charge in [-0.3, -0.25) is 4.79 Å². The molecule has 2 rings (SSSR count). The molecule has 0 spiro atoms. The number of ether oxygens (including phenoxy) is 1. The molecular formula is C15H13N3O2. The van der Waals surface area contributed by atoms with Crippen molar-refractivity contribution in [1.29, 1.82) is 5.26 Å². The maximum atomic E-state index is 12.0. The molecule has 1 aromatic heterocycles. The number of nitrogens with zero attached hydrogens (tertiary/aromatic N) is 2. The van der Waals surface area contributed by atoms with Gasteiger partial charge in [0.25, 0.3) is 5.91 Å². The van der Waals surface area contributed by atoms with Crippen LogP contribution in [0.5, 0.6) is 5.88 Å². The number of nitrogens with one attached hydrogen (secondary N) is 1. The number of amides is 1. The lowest BCUT2D eigenvalue weighted by Crippen LogP contribution is -2.23. The third kappa shape index (κ3) is 3.12. The summed E-state index contributed by atoms with van der Waals surface area (Å²) in [6, 6.07) is 12.4. The number of benzene rings is 1. The zero-order chi connectivity index (χ0) is 14.4. The number of hydrogen-bond donors (Lipinski definition) is 1. The SMILES string of the molecule is COc1ncccc1C(=O)NCc1ccc(C#N)cc1. The van der Waals surface area contributed by atoms with Crippen LogP contribution in [0.25, 0.3) is 0 Å². The lowest BCUT2D eigenvalue weighted by Gasteiger charge is -2.08. The summed E-state index contributed by atoms with van der Waals surface area (Å²) in [6.45, 7) is 0.378. The van der Waals surface area contributed by atoms with Gasteiger partial charge in [-0.05, 0) is 29.8 Å². The summed E-state index contributed by atoms with van der Waals surface area (Å²) in [6.07, 6.45) is 1.57. The number of carbonyl (C=O) groups excluding carboxylic acids is 1. The zero-order valence-electron chi connectivity index (χ0n) is 11.0. The van der Waals surface area contributed by atoms with Crippen LogP contribution in [0.1, 0.15) is 21.5 Å². The van der Waals surface area contributed by atoms with Crippen LogP contribution in [0.4, 0.5) is 0 Å². The molecule has 5 heteroatoms. The third-order valence-electron chi connectivity index (χ3n) is 2.75. The Morgan fingerprint density at radius 3 is 2.75 bits per heavy atom. The maximum absolute atomic E-state index is 12.0. The molecule has 5 nitrogen and oxygen atoms in total. The summed E-state index contributed by atoms with van der Waals surface area (Å²) >= 11 is 0. The second-order valence-electron chi connectivity index (χ2n) is 4.05. The van der Waals surface area contributed by atoms with Crippen molar-refractivity contribution in [3.8, 4) is 11.9 Å². The second-order valence-corrected chi connectivity index (χ2v) is 4.05. The molecule has 100 valence electrons. The Kier molecular flexibility index (Phi) is 4.30. The topological polar surface area (TPSA) is 75.0 Å². The first kappa shape index (κ1) is 13.6. The average molecular weight is 267 g/mol. The average Bonchev–Trinajstić information content (AvgIpc) is 2.53. The molecular weight excluding hydrogens is 254 g/mol. The van der Waals surface area contributed by atoms with Crippen LogP contribution in [0.15, 0.2) is 42.6 Å². The molecule has 1 amide bonds. The van der Waals surface area contributed by atoms with Crippen molar-refractivity contribution < 1.29 is 9.53 Å². The van der Waals surface area contributed by atoms with E-state index in [1.54, 1.807) is 42.6 Å². The largest absolute Gasteiger partial charge is 0.480 e. The minimum absolute atomic E-state index is 0.251. The fourth-order valence-electron chi connectivity index (χ4n) is 1.70. The number of pyridine rings is 1. The van der Waals surface area contributed by atoms with Gasteiger partial charge < -0.3 is 10.1 Å². The number of methoxy groups -OCH3 is 1. The van der Waals surface area contributed by atoms with E-state index in [9.17, 15) is 4.79 Å². The molecule has 2 aromatic rings. The van der Waals surface area contributed by atoms with Crippen LogP contribution in [0.2, 0.25) is 0 Å². The molecule has 0 aliphatic carbocycles. The van der Waals surface area contributed by atoms with Gasteiger partial charge in [0, 0.05) is 12.7 Å². The summed E-state index contributed by atoms with van der Waals surface area (Å²) in [5.74, 6) is 0.0455. The standard InChI is InChI=1S/C15H13N3O2/c1-20-15-13(3-2-8-17-15)14(19)18-10-12-6-4-11(9-16)5-7-12/h2-8H,10H2,1H3,(H,18,19). The Bertz CT molecular complexity index is 645. The van der Waals surface area contributed by atoms with E-state index < -0.39 is 0 Å². The quantitative estimate of drug-likeness (QED) is 0.917. The highest BCUT2D eigenvalue weighted by molar-refractivity contribution is 5.96. The molecule has 0 saturated heterocycles. The predicted octanol–water partition coefficient (Wildman–Crippen LogP) is 1.89. The van der Waals surface area contributed by atoms with Gasteiger partial charge in [0.2, 0.25) is 5.88 Å². The Morgan fingerprint density at radius 1 is 1.35 bits per heavy atom. The fraction of sp³-hybridized carbons (Fsp3) is 0.133. The zero-order valence-corrected chi connectivity index (χ0v) is 11.0. The first-order valence-electron chi connectivity index (χ1n) is 6.01. The van der Waals surface area contributed by atoms with Crippen molar-refractivity contribution in [3.63, 3.8) is 0 Å². The van der Waals surface area contributed by atoms with Crippen molar-refractivity contribution in [3.05, 3.63) is 59.3 Å². The van der Waals surface area contributed by atoms with Gasteiger partial charge in [-0.2, -0.15) is 5.26 Å². The molecule has 0 bridgehead atoms. The molecule has 0 atom stereocenters. The predicted molar refractivity (Wildman–Crippen MR) is 73.1 cm³/mol. The van der Waals surface area contributed by atoms with E-state index in [1.165, 1.54) is 7.11 Å². The van der Waals surface area contributed by atoms with Gasteiger partial charge >= 0.3 is 0 Å². The summed E-state index contributed by atoms with van der Waals surface area (Å²) in [5.41, 5.74) is 1.90. The smallest absolute Gasteiger partial charge is 0.257 e. The molecule has 0 fully saturated rings. The summed E-state index contributed by atoms with van der Waals surface area (Å²) in [5, 5.41) is 11.5. The first-order valence-corrected chi connectivity index (χ1v) is 6.01. The van der Waals surface area contributed by atoms with E-state index in [0.29, 0.717) is 23.6 Å². The van der Waals surface area contributed by atoms with Gasteiger partial charge in [0.15, 0.2) is 0 Å². The fourth-order valence-corrected chi connectivity index (χ4v) is 1.70.